The summed E-state index contributed by atoms with van der Waals surface area (Å²) in [6.07, 6.45) is 1.80. The molecule has 1 unspecified atom stereocenters. The molecule has 0 saturated carbocycles. The second-order valence-corrected chi connectivity index (χ2v) is 5.70. The average Bonchev–Trinajstić information content (AvgIpc) is 2.16. The van der Waals surface area contributed by atoms with Crippen LogP contribution in [0.5, 0.6) is 0 Å². The number of amides is 1. The first-order valence-electron chi connectivity index (χ1n) is 5.98. The fraction of sp³-hybridized carbons (Fsp3) is 0.917. The topological polar surface area (TPSA) is 60.8 Å². The van der Waals surface area contributed by atoms with E-state index in [0.29, 0.717) is 13.0 Å². The van der Waals surface area contributed by atoms with Gasteiger partial charge in [-0.1, -0.05) is 20.8 Å². The summed E-state index contributed by atoms with van der Waals surface area (Å²) in [5.41, 5.74) is -0.0708. The fourth-order valence-electron chi connectivity index (χ4n) is 2.93. The number of carbonyl (C=O) groups is 1. The van der Waals surface area contributed by atoms with Gasteiger partial charge in [0, 0.05) is 19.2 Å². The van der Waals surface area contributed by atoms with Gasteiger partial charge in [-0.25, -0.2) is 4.79 Å². The van der Waals surface area contributed by atoms with Crippen LogP contribution in [-0.2, 0) is 0 Å². The van der Waals surface area contributed by atoms with E-state index in [0.717, 1.165) is 12.8 Å². The predicted molar refractivity (Wildman–Crippen MR) is 62.4 cm³/mol. The zero-order valence-corrected chi connectivity index (χ0v) is 10.4. The molecule has 0 aromatic heterocycles. The smallest absolute Gasteiger partial charge is 0.407 e. The Kier molecular flexibility index (Phi) is 4.19. The molecule has 16 heavy (non-hydrogen) atoms. The summed E-state index contributed by atoms with van der Waals surface area (Å²) in [4.78, 5) is 12.8. The number of aliphatic hydroxyl groups is 1. The summed E-state index contributed by atoms with van der Waals surface area (Å²) in [6, 6.07) is 0.0194. The van der Waals surface area contributed by atoms with Gasteiger partial charge in [0.1, 0.15) is 0 Å². The van der Waals surface area contributed by atoms with Crippen molar-refractivity contribution in [3.05, 3.63) is 0 Å². The van der Waals surface area contributed by atoms with E-state index in [1.54, 1.807) is 4.90 Å². The van der Waals surface area contributed by atoms with Gasteiger partial charge in [-0.2, -0.15) is 0 Å². The molecule has 1 rings (SSSR count). The Morgan fingerprint density at radius 2 is 2.06 bits per heavy atom. The SMILES string of the molecule is CC(C)(C)[C@@H]1C(CCO)CCCN1C(=O)O. The number of carboxylic acid groups (broad SMARTS) is 1. The van der Waals surface area contributed by atoms with Crippen LogP contribution in [0.1, 0.15) is 40.0 Å². The van der Waals surface area contributed by atoms with Crippen molar-refractivity contribution in [2.45, 2.75) is 46.1 Å². The quantitative estimate of drug-likeness (QED) is 0.763. The molecule has 1 aliphatic rings. The van der Waals surface area contributed by atoms with E-state index in [9.17, 15) is 9.90 Å². The Balaban J connectivity index is 2.89. The van der Waals surface area contributed by atoms with Crippen LogP contribution in [0.4, 0.5) is 4.79 Å². The molecule has 1 saturated heterocycles. The standard InChI is InChI=1S/C12H23NO3/c1-12(2,3)10-9(6-8-14)5-4-7-13(10)11(15)16/h9-10,14H,4-8H2,1-3H3,(H,15,16)/t9?,10-/m0/s1. The summed E-state index contributed by atoms with van der Waals surface area (Å²) in [6.45, 7) is 6.99. The van der Waals surface area contributed by atoms with Crippen molar-refractivity contribution in [2.75, 3.05) is 13.2 Å². The molecule has 4 heteroatoms. The molecule has 0 bridgehead atoms. The van der Waals surface area contributed by atoms with Crippen LogP contribution in [0.2, 0.25) is 0 Å². The zero-order valence-electron chi connectivity index (χ0n) is 10.4. The molecule has 4 nitrogen and oxygen atoms in total. The number of aliphatic hydroxyl groups excluding tert-OH is 1. The lowest BCUT2D eigenvalue weighted by Crippen LogP contribution is -2.54. The lowest BCUT2D eigenvalue weighted by atomic mass is 9.73. The Hall–Kier alpha value is -0.770. The van der Waals surface area contributed by atoms with Gasteiger partial charge in [-0.05, 0) is 30.6 Å². The van der Waals surface area contributed by atoms with Crippen LogP contribution in [-0.4, -0.2) is 40.4 Å². The maximum absolute atomic E-state index is 11.2. The summed E-state index contributed by atoms with van der Waals surface area (Å²) in [5.74, 6) is 0.287. The van der Waals surface area contributed by atoms with Gasteiger partial charge < -0.3 is 15.1 Å². The molecule has 0 spiro atoms. The van der Waals surface area contributed by atoms with E-state index in [4.69, 9.17) is 5.11 Å². The van der Waals surface area contributed by atoms with E-state index in [2.05, 4.69) is 20.8 Å². The number of hydrogen-bond donors (Lipinski definition) is 2. The molecular formula is C12H23NO3. The third kappa shape index (κ3) is 2.88. The molecule has 0 aromatic rings. The summed E-state index contributed by atoms with van der Waals surface area (Å²) in [7, 11) is 0. The fourth-order valence-corrected chi connectivity index (χ4v) is 2.93. The monoisotopic (exact) mass is 229 g/mol. The summed E-state index contributed by atoms with van der Waals surface area (Å²) in [5, 5.41) is 18.3. The number of hydrogen-bond acceptors (Lipinski definition) is 2. The normalized spacial score (nSPS) is 26.9. The average molecular weight is 229 g/mol. The number of rotatable bonds is 2. The highest BCUT2D eigenvalue weighted by molar-refractivity contribution is 5.65. The van der Waals surface area contributed by atoms with Crippen molar-refractivity contribution in [2.24, 2.45) is 11.3 Å². The summed E-state index contributed by atoms with van der Waals surface area (Å²) >= 11 is 0. The molecule has 0 aliphatic carbocycles. The van der Waals surface area contributed by atoms with Crippen molar-refractivity contribution < 1.29 is 15.0 Å². The third-order valence-corrected chi connectivity index (χ3v) is 3.39. The van der Waals surface area contributed by atoms with E-state index < -0.39 is 6.09 Å². The van der Waals surface area contributed by atoms with Crippen LogP contribution < -0.4 is 0 Å². The van der Waals surface area contributed by atoms with E-state index in [1.807, 2.05) is 0 Å². The van der Waals surface area contributed by atoms with Crippen LogP contribution in [0.25, 0.3) is 0 Å². The first kappa shape index (κ1) is 13.3. The second kappa shape index (κ2) is 5.04. The molecule has 0 radical (unpaired) electrons. The third-order valence-electron chi connectivity index (χ3n) is 3.39. The maximum atomic E-state index is 11.2. The van der Waals surface area contributed by atoms with E-state index in [1.165, 1.54) is 0 Å². The van der Waals surface area contributed by atoms with Gasteiger partial charge in [0.05, 0.1) is 0 Å². The van der Waals surface area contributed by atoms with Crippen molar-refractivity contribution in [1.82, 2.24) is 4.90 Å². The minimum Gasteiger partial charge on any atom is -0.465 e. The zero-order chi connectivity index (χ0) is 12.3. The second-order valence-electron chi connectivity index (χ2n) is 5.70. The Bertz CT molecular complexity index is 245. The van der Waals surface area contributed by atoms with Gasteiger partial charge in [-0.3, -0.25) is 0 Å². The van der Waals surface area contributed by atoms with Crippen molar-refractivity contribution in [1.29, 1.82) is 0 Å². The predicted octanol–water partition coefficient (Wildman–Crippen LogP) is 2.17. The van der Waals surface area contributed by atoms with Crippen LogP contribution >= 0.6 is 0 Å². The van der Waals surface area contributed by atoms with Crippen molar-refractivity contribution in [3.63, 3.8) is 0 Å². The Morgan fingerprint density at radius 3 is 2.50 bits per heavy atom. The number of nitrogens with zero attached hydrogens (tertiary/aromatic N) is 1. The maximum Gasteiger partial charge on any atom is 0.407 e. The largest absolute Gasteiger partial charge is 0.465 e. The number of piperidine rings is 1. The van der Waals surface area contributed by atoms with E-state index in [-0.39, 0.29) is 24.0 Å². The van der Waals surface area contributed by atoms with Gasteiger partial charge in [0.15, 0.2) is 0 Å². The van der Waals surface area contributed by atoms with Crippen LogP contribution in [0, 0.1) is 11.3 Å². The Labute approximate surface area is 97.3 Å². The molecule has 1 fully saturated rings. The minimum absolute atomic E-state index is 0.0194. The van der Waals surface area contributed by atoms with Crippen molar-refractivity contribution in [3.8, 4) is 0 Å². The highest BCUT2D eigenvalue weighted by Gasteiger charge is 2.41. The lowest BCUT2D eigenvalue weighted by Gasteiger charge is -2.46. The molecule has 1 aliphatic heterocycles. The van der Waals surface area contributed by atoms with Crippen LogP contribution in [0.15, 0.2) is 0 Å². The van der Waals surface area contributed by atoms with Gasteiger partial charge >= 0.3 is 6.09 Å². The molecule has 1 amide bonds. The molecule has 0 aromatic carbocycles. The Morgan fingerprint density at radius 1 is 1.44 bits per heavy atom. The molecule has 94 valence electrons. The van der Waals surface area contributed by atoms with Crippen molar-refractivity contribution >= 4 is 6.09 Å². The van der Waals surface area contributed by atoms with Gasteiger partial charge in [-0.15, -0.1) is 0 Å². The first-order chi connectivity index (χ1) is 7.38. The highest BCUT2D eigenvalue weighted by atomic mass is 16.4. The lowest BCUT2D eigenvalue weighted by molar-refractivity contribution is 0.0147. The van der Waals surface area contributed by atoms with Gasteiger partial charge in [0.2, 0.25) is 0 Å². The molecule has 2 atom stereocenters. The van der Waals surface area contributed by atoms with Crippen LogP contribution in [0.3, 0.4) is 0 Å². The summed E-state index contributed by atoms with van der Waals surface area (Å²) < 4.78 is 0. The molecular weight excluding hydrogens is 206 g/mol. The molecule has 1 heterocycles. The highest BCUT2D eigenvalue weighted by Crippen LogP contribution is 2.37. The first-order valence-corrected chi connectivity index (χ1v) is 5.98. The molecule has 2 N–H and O–H groups in total. The number of likely N-dealkylation sites (tertiary alicyclic amines) is 1. The van der Waals surface area contributed by atoms with E-state index >= 15 is 0 Å². The van der Waals surface area contributed by atoms with Gasteiger partial charge in [0.25, 0.3) is 0 Å². The minimum atomic E-state index is -0.831.